The highest BCUT2D eigenvalue weighted by molar-refractivity contribution is 7.20. The van der Waals surface area contributed by atoms with Crippen molar-refractivity contribution in [2.75, 3.05) is 12.4 Å². The molecule has 92 valence electrons. The van der Waals surface area contributed by atoms with Crippen LogP contribution in [0.15, 0.2) is 0 Å². The summed E-state index contributed by atoms with van der Waals surface area (Å²) in [6.45, 7) is 5.93. The third kappa shape index (κ3) is 2.90. The summed E-state index contributed by atoms with van der Waals surface area (Å²) >= 11 is 7.34. The molecule has 0 saturated heterocycles. The summed E-state index contributed by atoms with van der Waals surface area (Å²) in [5.74, 6) is 0. The smallest absolute Gasteiger partial charge is 0.319 e. The van der Waals surface area contributed by atoms with Crippen molar-refractivity contribution >= 4 is 34.0 Å². The lowest BCUT2D eigenvalue weighted by Gasteiger charge is -2.18. The lowest BCUT2D eigenvalue weighted by Crippen LogP contribution is -2.24. The molecule has 0 fully saturated rings. The van der Waals surface area contributed by atoms with E-state index >= 15 is 0 Å². The van der Waals surface area contributed by atoms with Crippen LogP contribution in [0.3, 0.4) is 0 Å². The molecule has 2 N–H and O–H groups in total. The normalized spacial score (nSPS) is 10.8. The number of thiophene rings is 1. The number of amides is 2. The molecule has 0 aliphatic heterocycles. The highest BCUT2D eigenvalue weighted by Gasteiger charge is 2.27. The van der Waals surface area contributed by atoms with Crippen LogP contribution in [-0.2, 0) is 5.41 Å². The third-order valence-electron chi connectivity index (χ3n) is 2.18. The molecule has 1 aromatic rings. The summed E-state index contributed by atoms with van der Waals surface area (Å²) in [5.41, 5.74) is 0.982. The molecule has 0 bridgehead atoms. The van der Waals surface area contributed by atoms with Crippen LogP contribution in [0, 0.1) is 11.3 Å². The fraction of sp³-hybridized carbons (Fsp3) is 0.455. The number of carbonyl (C=O) groups excluding carboxylic acids is 1. The van der Waals surface area contributed by atoms with Gasteiger partial charge in [0.1, 0.15) is 15.4 Å². The Morgan fingerprint density at radius 2 is 2.06 bits per heavy atom. The third-order valence-corrected chi connectivity index (χ3v) is 3.50. The van der Waals surface area contributed by atoms with Crippen molar-refractivity contribution in [3.63, 3.8) is 0 Å². The monoisotopic (exact) mass is 271 g/mol. The van der Waals surface area contributed by atoms with E-state index in [1.807, 2.05) is 20.8 Å². The standard InChI is InChI=1S/C11H14ClN3OS/c1-11(2,3)7-6(5-13)9(17-8(7)12)15-10(16)14-4/h1-4H3,(H2,14,15,16). The van der Waals surface area contributed by atoms with Gasteiger partial charge in [-0.2, -0.15) is 5.26 Å². The Labute approximate surface area is 110 Å². The van der Waals surface area contributed by atoms with Gasteiger partial charge in [0.15, 0.2) is 0 Å². The average molecular weight is 272 g/mol. The molecule has 2 amide bonds. The van der Waals surface area contributed by atoms with Gasteiger partial charge in [0.25, 0.3) is 0 Å². The molecule has 0 radical (unpaired) electrons. The molecule has 4 nitrogen and oxygen atoms in total. The van der Waals surface area contributed by atoms with Gasteiger partial charge in [0.05, 0.1) is 5.56 Å². The first-order chi connectivity index (χ1) is 7.81. The number of hydrogen-bond acceptors (Lipinski definition) is 3. The molecule has 1 aromatic heterocycles. The van der Waals surface area contributed by atoms with Crippen molar-refractivity contribution in [1.29, 1.82) is 5.26 Å². The zero-order valence-electron chi connectivity index (χ0n) is 10.1. The van der Waals surface area contributed by atoms with Crippen LogP contribution in [0.5, 0.6) is 0 Å². The molecule has 17 heavy (non-hydrogen) atoms. The Morgan fingerprint density at radius 3 is 2.47 bits per heavy atom. The van der Waals surface area contributed by atoms with E-state index in [-0.39, 0.29) is 11.4 Å². The average Bonchev–Trinajstić information content (AvgIpc) is 2.53. The largest absolute Gasteiger partial charge is 0.341 e. The van der Waals surface area contributed by atoms with Gasteiger partial charge >= 0.3 is 6.03 Å². The van der Waals surface area contributed by atoms with Gasteiger partial charge in [-0.05, 0) is 5.41 Å². The number of nitriles is 1. The highest BCUT2D eigenvalue weighted by atomic mass is 35.5. The summed E-state index contributed by atoms with van der Waals surface area (Å²) in [6.07, 6.45) is 0. The van der Waals surface area contributed by atoms with Crippen LogP contribution < -0.4 is 10.6 Å². The first kappa shape index (κ1) is 13.8. The summed E-state index contributed by atoms with van der Waals surface area (Å²) in [4.78, 5) is 11.3. The number of hydrogen-bond donors (Lipinski definition) is 2. The molecule has 0 spiro atoms. The fourth-order valence-corrected chi connectivity index (χ4v) is 3.13. The van der Waals surface area contributed by atoms with Gasteiger partial charge in [0, 0.05) is 12.6 Å². The van der Waals surface area contributed by atoms with E-state index in [0.717, 1.165) is 5.56 Å². The molecule has 1 rings (SSSR count). The molecule has 1 heterocycles. The number of halogens is 1. The van der Waals surface area contributed by atoms with Crippen molar-refractivity contribution in [1.82, 2.24) is 5.32 Å². The maximum Gasteiger partial charge on any atom is 0.319 e. The predicted octanol–water partition coefficient (Wildman–Crippen LogP) is 3.32. The number of anilines is 1. The second-order valence-corrected chi connectivity index (χ2v) is 6.14. The van der Waals surface area contributed by atoms with E-state index in [0.29, 0.717) is 14.9 Å². The van der Waals surface area contributed by atoms with E-state index in [4.69, 9.17) is 11.6 Å². The van der Waals surface area contributed by atoms with Gasteiger partial charge < -0.3 is 5.32 Å². The first-order valence-electron chi connectivity index (χ1n) is 5.02. The number of urea groups is 1. The Bertz CT molecular complexity index is 482. The molecule has 0 atom stereocenters. The van der Waals surface area contributed by atoms with Gasteiger partial charge in [-0.1, -0.05) is 32.4 Å². The molecule has 6 heteroatoms. The lowest BCUT2D eigenvalue weighted by molar-refractivity contribution is 0.254. The van der Waals surface area contributed by atoms with Crippen molar-refractivity contribution < 1.29 is 4.79 Å². The molecule has 0 unspecified atom stereocenters. The molecular formula is C11H14ClN3OS. The summed E-state index contributed by atoms with van der Waals surface area (Å²) in [6, 6.07) is 1.74. The minimum Gasteiger partial charge on any atom is -0.341 e. The minimum absolute atomic E-state index is 0.235. The predicted molar refractivity (Wildman–Crippen MR) is 70.8 cm³/mol. The molecule has 0 saturated carbocycles. The SMILES string of the molecule is CNC(=O)Nc1sc(Cl)c(C(C)(C)C)c1C#N. The number of carbonyl (C=O) groups is 1. The van der Waals surface area contributed by atoms with Crippen molar-refractivity contribution in [3.05, 3.63) is 15.5 Å². The summed E-state index contributed by atoms with van der Waals surface area (Å²) < 4.78 is 0.542. The Morgan fingerprint density at radius 1 is 1.47 bits per heavy atom. The number of nitrogens with zero attached hydrogens (tertiary/aromatic N) is 1. The van der Waals surface area contributed by atoms with E-state index in [1.54, 1.807) is 0 Å². The maximum atomic E-state index is 11.3. The van der Waals surface area contributed by atoms with Crippen molar-refractivity contribution in [2.24, 2.45) is 0 Å². The van der Waals surface area contributed by atoms with Crippen LogP contribution in [0.4, 0.5) is 9.80 Å². The fourth-order valence-electron chi connectivity index (χ4n) is 1.43. The summed E-state index contributed by atoms with van der Waals surface area (Å²) in [5, 5.41) is 14.7. The van der Waals surface area contributed by atoms with Gasteiger partial charge in [-0.15, -0.1) is 11.3 Å². The second kappa shape index (κ2) is 4.94. The van der Waals surface area contributed by atoms with Gasteiger partial charge in [-0.25, -0.2) is 4.79 Å². The Balaban J connectivity index is 3.28. The summed E-state index contributed by atoms with van der Waals surface area (Å²) in [7, 11) is 1.52. The molecule has 0 aliphatic carbocycles. The quantitative estimate of drug-likeness (QED) is 0.823. The molecule has 0 aliphatic rings. The molecular weight excluding hydrogens is 258 g/mol. The zero-order chi connectivity index (χ0) is 13.2. The maximum absolute atomic E-state index is 11.3. The van der Waals surface area contributed by atoms with E-state index in [9.17, 15) is 10.1 Å². The Hall–Kier alpha value is -1.25. The van der Waals surface area contributed by atoms with Crippen molar-refractivity contribution in [2.45, 2.75) is 26.2 Å². The zero-order valence-corrected chi connectivity index (χ0v) is 11.7. The van der Waals surface area contributed by atoms with Crippen LogP contribution >= 0.6 is 22.9 Å². The van der Waals surface area contributed by atoms with Crippen LogP contribution in [-0.4, -0.2) is 13.1 Å². The number of rotatable bonds is 1. The van der Waals surface area contributed by atoms with Gasteiger partial charge in [0.2, 0.25) is 0 Å². The first-order valence-corrected chi connectivity index (χ1v) is 6.22. The van der Waals surface area contributed by atoms with Crippen molar-refractivity contribution in [3.8, 4) is 6.07 Å². The topological polar surface area (TPSA) is 64.9 Å². The van der Waals surface area contributed by atoms with E-state index < -0.39 is 0 Å². The van der Waals surface area contributed by atoms with E-state index in [1.165, 1.54) is 18.4 Å². The van der Waals surface area contributed by atoms with Gasteiger partial charge in [-0.3, -0.25) is 5.32 Å². The number of nitrogens with one attached hydrogen (secondary N) is 2. The Kier molecular flexibility index (Phi) is 4.02. The van der Waals surface area contributed by atoms with Crippen LogP contribution in [0.25, 0.3) is 0 Å². The van der Waals surface area contributed by atoms with Crippen LogP contribution in [0.1, 0.15) is 31.9 Å². The van der Waals surface area contributed by atoms with Crippen LogP contribution in [0.2, 0.25) is 4.34 Å². The van der Waals surface area contributed by atoms with E-state index in [2.05, 4.69) is 16.7 Å². The molecule has 0 aromatic carbocycles. The second-order valence-electron chi connectivity index (χ2n) is 4.52. The lowest BCUT2D eigenvalue weighted by atomic mass is 9.86. The minimum atomic E-state index is -0.361. The highest BCUT2D eigenvalue weighted by Crippen LogP contribution is 2.42.